The number of nitrogens with zero attached hydrogens (tertiary/aromatic N) is 5. The molecule has 0 aliphatic carbocycles. The Kier molecular flexibility index (Phi) is 4.55. The molecule has 1 saturated heterocycles. The molecule has 1 fully saturated rings. The van der Waals surface area contributed by atoms with Crippen molar-refractivity contribution in [3.8, 4) is 11.5 Å². The Bertz CT molecular complexity index is 918. The summed E-state index contributed by atoms with van der Waals surface area (Å²) in [4.78, 5) is 29.1. The minimum atomic E-state index is 0.125. The largest absolute Gasteiger partial charge is 0.337 e. The lowest BCUT2D eigenvalue weighted by Gasteiger charge is -2.32. The molecule has 1 atom stereocenters. The number of thiophene rings is 1. The van der Waals surface area contributed by atoms with E-state index in [1.54, 1.807) is 6.20 Å². The summed E-state index contributed by atoms with van der Waals surface area (Å²) < 4.78 is 1.96. The second-order valence-electron chi connectivity index (χ2n) is 6.65. The SMILES string of the molecule is Cc1nc(-c2nccn2C)cc(C2CCCN(C(=O)c3cccs3)C2)n1. The summed E-state index contributed by atoms with van der Waals surface area (Å²) in [7, 11) is 1.96. The first-order valence-corrected chi connectivity index (χ1v) is 9.66. The van der Waals surface area contributed by atoms with Crippen LogP contribution < -0.4 is 0 Å². The molecule has 1 aliphatic rings. The first kappa shape index (κ1) is 16.9. The fourth-order valence-electron chi connectivity index (χ4n) is 3.49. The summed E-state index contributed by atoms with van der Waals surface area (Å²) in [6.45, 7) is 3.42. The van der Waals surface area contributed by atoms with Crippen LogP contribution in [-0.4, -0.2) is 43.4 Å². The molecule has 26 heavy (non-hydrogen) atoms. The lowest BCUT2D eigenvalue weighted by molar-refractivity contribution is 0.0711. The smallest absolute Gasteiger partial charge is 0.263 e. The van der Waals surface area contributed by atoms with E-state index >= 15 is 0 Å². The summed E-state index contributed by atoms with van der Waals surface area (Å²) in [6, 6.07) is 5.84. The predicted molar refractivity (Wildman–Crippen MR) is 101 cm³/mol. The molecular formula is C19H21N5OS. The summed E-state index contributed by atoms with van der Waals surface area (Å²) in [5.41, 5.74) is 1.83. The number of likely N-dealkylation sites (tertiary alicyclic amines) is 1. The number of aryl methyl sites for hydroxylation is 2. The maximum absolute atomic E-state index is 12.7. The molecule has 6 nitrogen and oxygen atoms in total. The Hall–Kier alpha value is -2.54. The number of hydrogen-bond acceptors (Lipinski definition) is 5. The number of hydrogen-bond donors (Lipinski definition) is 0. The fraction of sp³-hybridized carbons (Fsp3) is 0.368. The molecular weight excluding hydrogens is 346 g/mol. The van der Waals surface area contributed by atoms with Gasteiger partial charge in [0.1, 0.15) is 11.5 Å². The Balaban J connectivity index is 1.60. The molecule has 0 aromatic carbocycles. The average molecular weight is 367 g/mol. The molecule has 4 heterocycles. The maximum Gasteiger partial charge on any atom is 0.263 e. The molecule has 1 aliphatic heterocycles. The van der Waals surface area contributed by atoms with Gasteiger partial charge in [0.15, 0.2) is 5.82 Å². The lowest BCUT2D eigenvalue weighted by atomic mass is 9.94. The third-order valence-corrected chi connectivity index (χ3v) is 5.62. The molecule has 0 spiro atoms. The van der Waals surface area contributed by atoms with Gasteiger partial charge in [0.05, 0.1) is 4.88 Å². The van der Waals surface area contributed by atoms with Gasteiger partial charge in [0, 0.05) is 44.1 Å². The van der Waals surface area contributed by atoms with Gasteiger partial charge in [-0.05, 0) is 37.3 Å². The second kappa shape index (κ2) is 6.99. The highest BCUT2D eigenvalue weighted by molar-refractivity contribution is 7.12. The van der Waals surface area contributed by atoms with Gasteiger partial charge in [-0.1, -0.05) is 6.07 Å². The van der Waals surface area contributed by atoms with E-state index in [0.29, 0.717) is 6.54 Å². The normalized spacial score (nSPS) is 17.5. The standard InChI is InChI=1S/C19H21N5OS/c1-13-21-15(11-16(22-13)18-20-7-9-23(18)2)14-5-3-8-24(12-14)19(25)17-6-4-10-26-17/h4,6-7,9-11,14H,3,5,8,12H2,1-2H3. The third kappa shape index (κ3) is 3.26. The summed E-state index contributed by atoms with van der Waals surface area (Å²) in [6.07, 6.45) is 5.70. The number of piperidine rings is 1. The number of rotatable bonds is 3. The first-order valence-electron chi connectivity index (χ1n) is 8.78. The number of carbonyl (C=O) groups is 1. The van der Waals surface area contributed by atoms with Gasteiger partial charge in [-0.25, -0.2) is 15.0 Å². The van der Waals surface area contributed by atoms with Crippen molar-refractivity contribution in [1.82, 2.24) is 24.4 Å². The van der Waals surface area contributed by atoms with Gasteiger partial charge >= 0.3 is 0 Å². The van der Waals surface area contributed by atoms with Gasteiger partial charge in [-0.2, -0.15) is 0 Å². The summed E-state index contributed by atoms with van der Waals surface area (Å²) >= 11 is 1.50. The van der Waals surface area contributed by atoms with Crippen LogP contribution in [0.2, 0.25) is 0 Å². The van der Waals surface area contributed by atoms with Crippen LogP contribution >= 0.6 is 11.3 Å². The van der Waals surface area contributed by atoms with Crippen molar-refractivity contribution < 1.29 is 4.79 Å². The minimum absolute atomic E-state index is 0.125. The monoisotopic (exact) mass is 367 g/mol. The average Bonchev–Trinajstić information content (AvgIpc) is 3.32. The molecule has 1 unspecified atom stereocenters. The highest BCUT2D eigenvalue weighted by Gasteiger charge is 2.27. The maximum atomic E-state index is 12.7. The van der Waals surface area contributed by atoms with Crippen LogP contribution in [0.4, 0.5) is 0 Å². The number of aromatic nitrogens is 4. The van der Waals surface area contributed by atoms with Crippen LogP contribution in [0, 0.1) is 6.92 Å². The number of carbonyl (C=O) groups excluding carboxylic acids is 1. The molecule has 4 rings (SSSR count). The van der Waals surface area contributed by atoms with E-state index in [1.807, 2.05) is 53.2 Å². The predicted octanol–water partition coefficient (Wildman–Crippen LogP) is 3.27. The van der Waals surface area contributed by atoms with Gasteiger partial charge in [0.25, 0.3) is 5.91 Å². The molecule has 3 aromatic heterocycles. The summed E-state index contributed by atoms with van der Waals surface area (Å²) in [5, 5.41) is 1.95. The van der Waals surface area contributed by atoms with Crippen molar-refractivity contribution in [2.75, 3.05) is 13.1 Å². The molecule has 0 radical (unpaired) electrons. The van der Waals surface area contributed by atoms with Gasteiger partial charge in [0.2, 0.25) is 0 Å². The van der Waals surface area contributed by atoms with E-state index in [1.165, 1.54) is 11.3 Å². The Morgan fingerprint density at radius 1 is 1.35 bits per heavy atom. The van der Waals surface area contributed by atoms with Crippen molar-refractivity contribution in [2.24, 2.45) is 7.05 Å². The van der Waals surface area contributed by atoms with Crippen molar-refractivity contribution >= 4 is 17.2 Å². The van der Waals surface area contributed by atoms with E-state index in [4.69, 9.17) is 0 Å². The van der Waals surface area contributed by atoms with Crippen molar-refractivity contribution in [3.05, 3.63) is 52.4 Å². The van der Waals surface area contributed by atoms with E-state index < -0.39 is 0 Å². The Morgan fingerprint density at radius 2 is 2.23 bits per heavy atom. The topological polar surface area (TPSA) is 63.9 Å². The van der Waals surface area contributed by atoms with Gasteiger partial charge in [-0.15, -0.1) is 11.3 Å². The minimum Gasteiger partial charge on any atom is -0.337 e. The molecule has 0 bridgehead atoms. The van der Waals surface area contributed by atoms with Crippen LogP contribution in [-0.2, 0) is 7.05 Å². The Morgan fingerprint density at radius 3 is 2.96 bits per heavy atom. The van der Waals surface area contributed by atoms with Crippen LogP contribution in [0.1, 0.15) is 39.9 Å². The first-order chi connectivity index (χ1) is 12.6. The van der Waals surface area contributed by atoms with E-state index in [9.17, 15) is 4.79 Å². The van der Waals surface area contributed by atoms with Gasteiger partial charge in [-0.3, -0.25) is 4.79 Å². The summed E-state index contributed by atoms with van der Waals surface area (Å²) in [5.74, 6) is 1.93. The number of imidazole rings is 1. The second-order valence-corrected chi connectivity index (χ2v) is 7.60. The zero-order chi connectivity index (χ0) is 18.1. The number of amides is 1. The van der Waals surface area contributed by atoms with E-state index in [0.717, 1.165) is 47.3 Å². The van der Waals surface area contributed by atoms with E-state index in [-0.39, 0.29) is 11.8 Å². The molecule has 0 saturated carbocycles. The van der Waals surface area contributed by atoms with Crippen molar-refractivity contribution in [3.63, 3.8) is 0 Å². The van der Waals surface area contributed by atoms with E-state index in [2.05, 4.69) is 15.0 Å². The highest BCUT2D eigenvalue weighted by atomic mass is 32.1. The zero-order valence-electron chi connectivity index (χ0n) is 14.9. The van der Waals surface area contributed by atoms with Crippen LogP contribution in [0.15, 0.2) is 36.0 Å². The molecule has 3 aromatic rings. The van der Waals surface area contributed by atoms with Crippen LogP contribution in [0.25, 0.3) is 11.5 Å². The molecule has 0 N–H and O–H groups in total. The zero-order valence-corrected chi connectivity index (χ0v) is 15.7. The third-order valence-electron chi connectivity index (χ3n) is 4.77. The Labute approximate surface area is 156 Å². The van der Waals surface area contributed by atoms with Crippen LogP contribution in [0.5, 0.6) is 0 Å². The van der Waals surface area contributed by atoms with Crippen molar-refractivity contribution in [1.29, 1.82) is 0 Å². The van der Waals surface area contributed by atoms with Gasteiger partial charge < -0.3 is 9.47 Å². The molecule has 7 heteroatoms. The quantitative estimate of drug-likeness (QED) is 0.713. The molecule has 1 amide bonds. The van der Waals surface area contributed by atoms with Crippen molar-refractivity contribution in [2.45, 2.75) is 25.7 Å². The fourth-order valence-corrected chi connectivity index (χ4v) is 4.18. The highest BCUT2D eigenvalue weighted by Crippen LogP contribution is 2.29. The van der Waals surface area contributed by atoms with Crippen LogP contribution in [0.3, 0.4) is 0 Å². The molecule has 134 valence electrons. The lowest BCUT2D eigenvalue weighted by Crippen LogP contribution is -2.39.